The summed E-state index contributed by atoms with van der Waals surface area (Å²) in [6.07, 6.45) is 6.50. The van der Waals surface area contributed by atoms with Crippen molar-refractivity contribution in [3.8, 4) is 12.3 Å². The van der Waals surface area contributed by atoms with E-state index in [0.717, 1.165) is 6.42 Å². The zero-order valence-corrected chi connectivity index (χ0v) is 16.5. The van der Waals surface area contributed by atoms with E-state index < -0.39 is 20.0 Å². The van der Waals surface area contributed by atoms with Crippen molar-refractivity contribution >= 4 is 14.4 Å². The van der Waals surface area contributed by atoms with Crippen LogP contribution in [0.5, 0.6) is 0 Å². The van der Waals surface area contributed by atoms with Gasteiger partial charge in [-0.3, -0.25) is 0 Å². The Bertz CT molecular complexity index is 400. The summed E-state index contributed by atoms with van der Waals surface area (Å²) in [5.41, 5.74) is -0.519. The highest BCUT2D eigenvalue weighted by atomic mass is 28.4. The molecule has 128 valence electrons. The van der Waals surface area contributed by atoms with Crippen molar-refractivity contribution in [1.29, 1.82) is 0 Å². The molecule has 22 heavy (non-hydrogen) atoms. The molecule has 0 bridgehead atoms. The maximum Gasteiger partial charge on any atom is 0.408 e. The summed E-state index contributed by atoms with van der Waals surface area (Å²) in [4.78, 5) is 11.7. The molecule has 1 N–H and O–H groups in total. The Hall–Kier alpha value is -0.993. The van der Waals surface area contributed by atoms with Crippen LogP contribution < -0.4 is 5.32 Å². The first kappa shape index (κ1) is 21.0. The van der Waals surface area contributed by atoms with Crippen LogP contribution in [0.1, 0.15) is 54.4 Å². The van der Waals surface area contributed by atoms with Gasteiger partial charge in [-0.05, 0) is 51.7 Å². The van der Waals surface area contributed by atoms with Gasteiger partial charge in [0.05, 0.1) is 6.04 Å². The average Bonchev–Trinajstić information content (AvgIpc) is 2.29. The van der Waals surface area contributed by atoms with Gasteiger partial charge in [-0.1, -0.05) is 26.7 Å². The Morgan fingerprint density at radius 1 is 1.23 bits per heavy atom. The molecular weight excluding hydrogens is 294 g/mol. The number of rotatable bonds is 6. The van der Waals surface area contributed by atoms with Gasteiger partial charge in [-0.15, -0.1) is 6.42 Å². The zero-order chi connectivity index (χ0) is 17.6. The minimum atomic E-state index is -1.71. The number of hydrogen-bond acceptors (Lipinski definition) is 3. The fourth-order valence-corrected chi connectivity index (χ4v) is 2.57. The molecule has 0 unspecified atom stereocenters. The van der Waals surface area contributed by atoms with E-state index in [1.54, 1.807) is 0 Å². The fourth-order valence-electron chi connectivity index (χ4n) is 1.48. The molecule has 0 saturated carbocycles. The molecule has 0 radical (unpaired) electrons. The predicted octanol–water partition coefficient (Wildman–Crippen LogP) is 4.31. The van der Waals surface area contributed by atoms with Gasteiger partial charge in [0, 0.05) is 6.61 Å². The van der Waals surface area contributed by atoms with E-state index in [2.05, 4.69) is 45.1 Å². The molecule has 0 aliphatic rings. The lowest BCUT2D eigenvalue weighted by Crippen LogP contribution is -2.41. The van der Waals surface area contributed by atoms with Crippen LogP contribution in [0.25, 0.3) is 0 Å². The second-order valence-corrected chi connectivity index (χ2v) is 12.9. The Morgan fingerprint density at radius 3 is 2.18 bits per heavy atom. The Labute approximate surface area is 137 Å². The second-order valence-electron chi connectivity index (χ2n) is 8.12. The van der Waals surface area contributed by atoms with Crippen LogP contribution in [0, 0.1) is 12.3 Å². The van der Waals surface area contributed by atoms with Gasteiger partial charge in [-0.2, -0.15) is 0 Å². The normalized spacial score (nSPS) is 14.1. The van der Waals surface area contributed by atoms with Crippen LogP contribution in [0.4, 0.5) is 4.79 Å². The van der Waals surface area contributed by atoms with Crippen molar-refractivity contribution in [2.24, 2.45) is 0 Å². The van der Waals surface area contributed by atoms with Crippen LogP contribution in [0.2, 0.25) is 18.1 Å². The Morgan fingerprint density at radius 2 is 1.77 bits per heavy atom. The first-order valence-corrected chi connectivity index (χ1v) is 10.8. The number of terminal acetylenes is 1. The van der Waals surface area contributed by atoms with E-state index in [1.807, 2.05) is 20.8 Å². The van der Waals surface area contributed by atoms with Gasteiger partial charge in [0.2, 0.25) is 0 Å². The molecule has 0 fully saturated rings. The molecular formula is C17H33NO3Si. The van der Waals surface area contributed by atoms with Crippen LogP contribution >= 0.6 is 0 Å². The SMILES string of the molecule is C#C[C@H](CCCO[Si](C)(C)C(C)(C)C)NC(=O)OC(C)(C)C. The largest absolute Gasteiger partial charge is 0.444 e. The van der Waals surface area contributed by atoms with E-state index >= 15 is 0 Å². The van der Waals surface area contributed by atoms with Gasteiger partial charge < -0.3 is 14.5 Å². The second kappa shape index (κ2) is 8.03. The molecule has 4 nitrogen and oxygen atoms in total. The lowest BCUT2D eigenvalue weighted by molar-refractivity contribution is 0.0513. The minimum absolute atomic E-state index is 0.202. The smallest absolute Gasteiger partial charge is 0.408 e. The number of ether oxygens (including phenoxy) is 1. The van der Waals surface area contributed by atoms with Gasteiger partial charge in [0.1, 0.15) is 5.60 Å². The third-order valence-corrected chi connectivity index (χ3v) is 8.34. The van der Waals surface area contributed by atoms with E-state index in [1.165, 1.54) is 0 Å². The summed E-state index contributed by atoms with van der Waals surface area (Å²) >= 11 is 0. The number of alkyl carbamates (subject to hydrolysis) is 1. The van der Waals surface area contributed by atoms with Crippen molar-refractivity contribution in [3.05, 3.63) is 0 Å². The van der Waals surface area contributed by atoms with E-state index in [0.29, 0.717) is 13.0 Å². The predicted molar refractivity (Wildman–Crippen MR) is 94.4 cm³/mol. The first-order chi connectivity index (χ1) is 9.78. The van der Waals surface area contributed by atoms with Crippen molar-refractivity contribution in [2.45, 2.75) is 84.2 Å². The van der Waals surface area contributed by atoms with Crippen molar-refractivity contribution in [2.75, 3.05) is 6.61 Å². The van der Waals surface area contributed by atoms with Crippen LogP contribution in [-0.4, -0.2) is 32.7 Å². The lowest BCUT2D eigenvalue weighted by atomic mass is 10.2. The molecule has 0 spiro atoms. The summed E-state index contributed by atoms with van der Waals surface area (Å²) in [6, 6.07) is -0.321. The molecule has 0 aromatic rings. The molecule has 0 rings (SSSR count). The molecule has 1 atom stereocenters. The lowest BCUT2D eigenvalue weighted by Gasteiger charge is -2.36. The molecule has 0 heterocycles. The zero-order valence-electron chi connectivity index (χ0n) is 15.5. The number of carbonyl (C=O) groups excluding carboxylic acids is 1. The summed E-state index contributed by atoms with van der Waals surface area (Å²) in [5.74, 6) is 2.59. The average molecular weight is 328 g/mol. The minimum Gasteiger partial charge on any atom is -0.444 e. The summed E-state index contributed by atoms with van der Waals surface area (Å²) in [7, 11) is -1.71. The topological polar surface area (TPSA) is 47.6 Å². The number of amides is 1. The maximum atomic E-state index is 11.7. The quantitative estimate of drug-likeness (QED) is 0.449. The molecule has 0 aromatic heterocycles. The van der Waals surface area contributed by atoms with Crippen molar-refractivity contribution in [3.63, 3.8) is 0 Å². The standard InChI is InChI=1S/C17H33NO3Si/c1-10-14(18-15(19)21-16(2,3)4)12-11-13-20-22(8,9)17(5,6)7/h1,14H,11-13H2,2-9H3,(H,18,19)/t14-/m1/s1. The van der Waals surface area contributed by atoms with Gasteiger partial charge in [-0.25, -0.2) is 4.79 Å². The van der Waals surface area contributed by atoms with Crippen molar-refractivity contribution in [1.82, 2.24) is 5.32 Å². The third-order valence-electron chi connectivity index (χ3n) is 3.80. The molecule has 0 aromatic carbocycles. The van der Waals surface area contributed by atoms with E-state index in [4.69, 9.17) is 15.6 Å². The fraction of sp³-hybridized carbons (Fsp3) is 0.824. The summed E-state index contributed by atoms with van der Waals surface area (Å²) in [6.45, 7) is 17.2. The van der Waals surface area contributed by atoms with E-state index in [9.17, 15) is 4.79 Å². The van der Waals surface area contributed by atoms with Crippen LogP contribution in [-0.2, 0) is 9.16 Å². The number of hydrogen-bond donors (Lipinski definition) is 1. The summed E-state index contributed by atoms with van der Waals surface area (Å²) < 4.78 is 11.3. The number of nitrogens with one attached hydrogen (secondary N) is 1. The first-order valence-electron chi connectivity index (χ1n) is 7.88. The molecule has 5 heteroatoms. The third kappa shape index (κ3) is 8.45. The van der Waals surface area contributed by atoms with Gasteiger partial charge in [0.25, 0.3) is 0 Å². The highest BCUT2D eigenvalue weighted by Gasteiger charge is 2.36. The molecule has 0 aliphatic carbocycles. The van der Waals surface area contributed by atoms with Crippen LogP contribution in [0.15, 0.2) is 0 Å². The Balaban J connectivity index is 4.18. The Kier molecular flexibility index (Phi) is 7.66. The molecule has 0 saturated heterocycles. The monoisotopic (exact) mass is 327 g/mol. The maximum absolute atomic E-state index is 11.7. The van der Waals surface area contributed by atoms with Crippen LogP contribution in [0.3, 0.4) is 0 Å². The van der Waals surface area contributed by atoms with Gasteiger partial charge >= 0.3 is 6.09 Å². The van der Waals surface area contributed by atoms with Crippen molar-refractivity contribution < 1.29 is 14.0 Å². The highest BCUT2D eigenvalue weighted by Crippen LogP contribution is 2.36. The number of carbonyl (C=O) groups is 1. The van der Waals surface area contributed by atoms with Gasteiger partial charge in [0.15, 0.2) is 8.32 Å². The summed E-state index contributed by atoms with van der Waals surface area (Å²) in [5, 5.41) is 2.91. The van der Waals surface area contributed by atoms with E-state index in [-0.39, 0.29) is 11.1 Å². The highest BCUT2D eigenvalue weighted by molar-refractivity contribution is 6.74. The molecule has 0 aliphatic heterocycles. The molecule has 1 amide bonds.